The predicted molar refractivity (Wildman–Crippen MR) is 240 cm³/mol. The minimum Gasteiger partial charge on any atom is -0.451 e. The number of benzene rings is 5. The maximum absolute atomic E-state index is 14.1. The lowest BCUT2D eigenvalue weighted by Crippen LogP contribution is -2.70. The minimum absolute atomic E-state index is 0.0571. The molecule has 2 N–H and O–H groups in total. The van der Waals surface area contributed by atoms with E-state index in [1.54, 1.807) is 18.2 Å². The number of carbonyl (C=O) groups excluding carboxylic acids is 6. The smallest absolute Gasteiger partial charge is 0.356 e. The molecule has 0 aliphatic carbocycles. The molecule has 5 aromatic rings. The maximum atomic E-state index is 14.1. The number of aldehydes is 1. The molecular weight excluding hydrogens is 815 g/mol. The van der Waals surface area contributed by atoms with E-state index in [1.165, 1.54) is 16.7 Å². The summed E-state index contributed by atoms with van der Waals surface area (Å²) in [4.78, 5) is 82.4. The van der Waals surface area contributed by atoms with Gasteiger partial charge in [-0.05, 0) is 58.2 Å². The van der Waals surface area contributed by atoms with Crippen LogP contribution in [0.5, 0.6) is 0 Å². The van der Waals surface area contributed by atoms with Gasteiger partial charge in [-0.2, -0.15) is 0 Å². The fourth-order valence-electron chi connectivity index (χ4n) is 7.58. The average Bonchev–Trinajstić information content (AvgIpc) is 3.31. The van der Waals surface area contributed by atoms with Crippen LogP contribution < -0.4 is 10.6 Å². The number of carbonyl (C=O) groups is 6. The Hall–Kier alpha value is -6.79. The third-order valence-corrected chi connectivity index (χ3v) is 12.3. The van der Waals surface area contributed by atoms with Crippen molar-refractivity contribution in [1.29, 1.82) is 0 Å². The van der Waals surface area contributed by atoms with Crippen LogP contribution in [0.15, 0.2) is 157 Å². The van der Waals surface area contributed by atoms with Crippen molar-refractivity contribution in [2.24, 2.45) is 0 Å². The van der Waals surface area contributed by atoms with E-state index in [-0.39, 0.29) is 41.7 Å². The number of rotatable bonds is 16. The third kappa shape index (κ3) is 10.5. The number of esters is 2. The number of hydrogen-bond acceptors (Lipinski definition) is 9. The lowest BCUT2D eigenvalue weighted by atomic mass is 9.86. The minimum atomic E-state index is -1.12. The van der Waals surface area contributed by atoms with Gasteiger partial charge in [0.25, 0.3) is 11.8 Å². The zero-order valence-corrected chi connectivity index (χ0v) is 36.1. The summed E-state index contributed by atoms with van der Waals surface area (Å²) in [7, 11) is 0. The number of hydrogen-bond donors (Lipinski definition) is 2. The first-order valence-corrected chi connectivity index (χ1v) is 21.9. The number of nitrogens with one attached hydrogen (secondary N) is 2. The van der Waals surface area contributed by atoms with Crippen LogP contribution in [0.4, 0.5) is 0 Å². The molecule has 5 aromatic carbocycles. The van der Waals surface area contributed by atoms with Gasteiger partial charge in [-0.15, -0.1) is 11.8 Å². The molecule has 2 unspecified atom stereocenters. The molecule has 1 fully saturated rings. The van der Waals surface area contributed by atoms with Crippen LogP contribution in [0.25, 0.3) is 0 Å². The highest BCUT2D eigenvalue weighted by Gasteiger charge is 2.54. The van der Waals surface area contributed by atoms with Gasteiger partial charge in [-0.25, -0.2) is 9.59 Å². The van der Waals surface area contributed by atoms with Gasteiger partial charge in [-0.1, -0.05) is 154 Å². The van der Waals surface area contributed by atoms with Crippen molar-refractivity contribution < 1.29 is 38.2 Å². The molecule has 2 aliphatic rings. The second-order valence-electron chi connectivity index (χ2n) is 16.4. The zero-order chi connectivity index (χ0) is 44.5. The number of nitrogens with zero attached hydrogens (tertiary/aromatic N) is 1. The van der Waals surface area contributed by atoms with Gasteiger partial charge in [-0.3, -0.25) is 24.1 Å². The van der Waals surface area contributed by atoms with Crippen LogP contribution in [-0.4, -0.2) is 64.1 Å². The molecule has 0 spiro atoms. The Morgan fingerprint density at radius 2 is 1.27 bits per heavy atom. The Balaban J connectivity index is 1.03. The molecule has 0 bridgehead atoms. The van der Waals surface area contributed by atoms with Crippen LogP contribution in [-0.2, 0) is 38.9 Å². The van der Waals surface area contributed by atoms with E-state index in [1.807, 2.05) is 148 Å². The van der Waals surface area contributed by atoms with Gasteiger partial charge in [0.1, 0.15) is 29.4 Å². The lowest BCUT2D eigenvalue weighted by molar-refractivity contribution is -0.154. The van der Waals surface area contributed by atoms with Gasteiger partial charge >= 0.3 is 11.9 Å². The molecule has 1 saturated heterocycles. The zero-order valence-electron chi connectivity index (χ0n) is 35.3. The van der Waals surface area contributed by atoms with E-state index in [2.05, 4.69) is 10.6 Å². The topological polar surface area (TPSA) is 148 Å². The number of ether oxygens (including phenoxy) is 2. The van der Waals surface area contributed by atoms with Crippen molar-refractivity contribution in [1.82, 2.24) is 15.5 Å². The second kappa shape index (κ2) is 19.9. The van der Waals surface area contributed by atoms with Crippen molar-refractivity contribution in [3.63, 3.8) is 0 Å². The largest absolute Gasteiger partial charge is 0.451 e. The molecule has 3 atom stereocenters. The Bertz CT molecular complexity index is 2400. The Labute approximate surface area is 371 Å². The molecule has 3 amide bonds. The van der Waals surface area contributed by atoms with Crippen molar-refractivity contribution in [2.75, 3.05) is 5.75 Å². The molecule has 11 nitrogen and oxygen atoms in total. The van der Waals surface area contributed by atoms with Crippen LogP contribution >= 0.6 is 11.8 Å². The highest BCUT2D eigenvalue weighted by molar-refractivity contribution is 8.00. The second-order valence-corrected chi connectivity index (χ2v) is 17.5. The first-order chi connectivity index (χ1) is 30.4. The van der Waals surface area contributed by atoms with Gasteiger partial charge in [0, 0.05) is 23.3 Å². The molecule has 63 heavy (non-hydrogen) atoms. The highest BCUT2D eigenvalue weighted by Crippen LogP contribution is 2.41. The summed E-state index contributed by atoms with van der Waals surface area (Å²) < 4.78 is 12.2. The molecule has 0 saturated carbocycles. The molecule has 2 aliphatic heterocycles. The van der Waals surface area contributed by atoms with Crippen LogP contribution in [0.1, 0.15) is 90.4 Å². The first-order valence-electron chi connectivity index (χ1n) is 20.9. The van der Waals surface area contributed by atoms with Crippen LogP contribution in [0.3, 0.4) is 0 Å². The fraction of sp³-hybridized carbons (Fsp3) is 0.255. The standard InChI is InChI=1S/C51H49N3O8S/c1-51(2,3)39-27-16-26-37(30-39)46(57)52-40(49(59)61-44(33-18-8-4-9-19-33)34-20-10-5-11-21-34)28-17-29-41(56)53-42-47(58)54-43(38(31-55)32-63-48(42)54)50(60)62-45(35-22-12-6-13-23-35)36-24-14-7-15-25-36/h4-16,18-27,30-31,40,42,44-45,48H,17,28-29,32H2,1-3H3,(H,52,57)(H,53,56)/t40?,42?,48-/m0/s1. The summed E-state index contributed by atoms with van der Waals surface area (Å²) in [6.07, 6.45) is -0.871. The normalized spacial score (nSPS) is 16.4. The molecule has 0 radical (unpaired) electrons. The number of amides is 3. The summed E-state index contributed by atoms with van der Waals surface area (Å²) in [6.45, 7) is 6.14. The van der Waals surface area contributed by atoms with Crippen molar-refractivity contribution in [3.05, 3.63) is 190 Å². The SMILES string of the molecule is CC(C)(C)c1cccc(C(=O)NC(CCCC(=O)NC2C(=O)N3C(C(=O)OC(c4ccccc4)c4ccccc4)=C(C=O)CS[C@@H]23)C(=O)OC(c2ccccc2)c2ccccc2)c1. The van der Waals surface area contributed by atoms with Gasteiger partial charge in [0.15, 0.2) is 12.2 Å². The summed E-state index contributed by atoms with van der Waals surface area (Å²) in [6, 6.07) is 42.1. The van der Waals surface area contributed by atoms with Crippen LogP contribution in [0, 0.1) is 0 Å². The molecule has 2 heterocycles. The third-order valence-electron chi connectivity index (χ3n) is 11.0. The average molecular weight is 864 g/mol. The summed E-state index contributed by atoms with van der Waals surface area (Å²) in [5, 5.41) is 5.02. The van der Waals surface area contributed by atoms with E-state index in [9.17, 15) is 28.8 Å². The molecule has 12 heteroatoms. The molecule has 322 valence electrons. The summed E-state index contributed by atoms with van der Waals surface area (Å²) in [5.74, 6) is -2.85. The molecule has 0 aromatic heterocycles. The number of fused-ring (bicyclic) bond motifs is 1. The summed E-state index contributed by atoms with van der Waals surface area (Å²) >= 11 is 1.26. The van der Waals surface area contributed by atoms with Gasteiger partial charge in [0.2, 0.25) is 5.91 Å². The number of β-lactam (4-membered cyclic amide) rings is 1. The van der Waals surface area contributed by atoms with Gasteiger partial charge in [0.05, 0.1) is 0 Å². The van der Waals surface area contributed by atoms with Gasteiger partial charge < -0.3 is 20.1 Å². The van der Waals surface area contributed by atoms with Crippen LogP contribution in [0.2, 0.25) is 0 Å². The van der Waals surface area contributed by atoms with Crippen molar-refractivity contribution >= 4 is 47.7 Å². The van der Waals surface area contributed by atoms with Crippen molar-refractivity contribution in [3.8, 4) is 0 Å². The van der Waals surface area contributed by atoms with E-state index in [0.717, 1.165) is 16.7 Å². The van der Waals surface area contributed by atoms with E-state index in [4.69, 9.17) is 9.47 Å². The quantitative estimate of drug-likeness (QED) is 0.0577. The van der Waals surface area contributed by atoms with E-state index in [0.29, 0.717) is 23.0 Å². The monoisotopic (exact) mass is 863 g/mol. The summed E-state index contributed by atoms with van der Waals surface area (Å²) in [5.41, 5.74) is 4.00. The lowest BCUT2D eigenvalue weighted by Gasteiger charge is -2.49. The first kappa shape index (κ1) is 44.3. The van der Waals surface area contributed by atoms with Crippen molar-refractivity contribution in [2.45, 2.75) is 75.1 Å². The van der Waals surface area contributed by atoms with E-state index < -0.39 is 59.3 Å². The fourth-order valence-corrected chi connectivity index (χ4v) is 8.87. The maximum Gasteiger partial charge on any atom is 0.356 e. The molecule has 7 rings (SSSR count). The van der Waals surface area contributed by atoms with E-state index >= 15 is 0 Å². The Morgan fingerprint density at radius 3 is 1.78 bits per heavy atom. The highest BCUT2D eigenvalue weighted by atomic mass is 32.2. The number of thioether (sulfide) groups is 1. The molecular formula is C51H49N3O8S. The Morgan fingerprint density at radius 1 is 0.746 bits per heavy atom. The predicted octanol–water partition coefficient (Wildman–Crippen LogP) is 7.77. The Kier molecular flexibility index (Phi) is 14.0.